The molecule has 0 aromatic carbocycles. The van der Waals surface area contributed by atoms with Crippen molar-refractivity contribution >= 4 is 27.9 Å². The Kier molecular flexibility index (Phi) is 14.5. The van der Waals surface area contributed by atoms with E-state index in [9.17, 15) is 0 Å². The van der Waals surface area contributed by atoms with Gasteiger partial charge in [0.2, 0.25) is 0 Å². The largest absolute Gasteiger partial charge is 0.360 e. The first-order valence-corrected chi connectivity index (χ1v) is 17.5. The standard InChI is InChI=1S/C24H54IN3Si/c1-13-19(7)26(20(8)14-2)29(25,27(21(9)15-3)22(10)16-4)28(23(11)17-5)24(12)18-6/h19-24H,13-18H2,1-12H3. The van der Waals surface area contributed by atoms with Gasteiger partial charge in [-0.15, -0.1) is 0 Å². The monoisotopic (exact) mass is 539 g/mol. The zero-order valence-corrected chi connectivity index (χ0v) is 25.1. The van der Waals surface area contributed by atoms with Crippen molar-refractivity contribution < 1.29 is 0 Å². The van der Waals surface area contributed by atoms with Gasteiger partial charge < -0.3 is 0 Å². The average Bonchev–Trinajstić information content (AvgIpc) is 2.72. The highest BCUT2D eigenvalue weighted by Gasteiger charge is 2.56. The molecule has 5 heteroatoms. The lowest BCUT2D eigenvalue weighted by Gasteiger charge is -2.60. The van der Waals surface area contributed by atoms with Gasteiger partial charge in [0.25, 0.3) is 0 Å². The second-order valence-corrected chi connectivity index (χ2v) is 16.3. The van der Waals surface area contributed by atoms with Crippen LogP contribution in [0.2, 0.25) is 0 Å². The Morgan fingerprint density at radius 3 is 0.690 bits per heavy atom. The van der Waals surface area contributed by atoms with Gasteiger partial charge in [0.15, 0.2) is 0 Å². The van der Waals surface area contributed by atoms with E-state index in [0.29, 0.717) is 36.3 Å². The van der Waals surface area contributed by atoms with E-state index >= 15 is 0 Å². The van der Waals surface area contributed by atoms with Gasteiger partial charge in [0.05, 0.1) is 0 Å². The van der Waals surface area contributed by atoms with Crippen molar-refractivity contribution in [2.24, 2.45) is 0 Å². The van der Waals surface area contributed by atoms with Crippen LogP contribution in [0.4, 0.5) is 0 Å². The summed E-state index contributed by atoms with van der Waals surface area (Å²) < 4.78 is 9.01. The number of halogens is 1. The van der Waals surface area contributed by atoms with Crippen molar-refractivity contribution in [3.8, 4) is 0 Å². The third-order valence-electron chi connectivity index (χ3n) is 7.38. The van der Waals surface area contributed by atoms with Crippen molar-refractivity contribution in [1.82, 2.24) is 13.7 Å². The lowest BCUT2D eigenvalue weighted by atomic mass is 10.2. The molecule has 0 aromatic rings. The van der Waals surface area contributed by atoms with Crippen LogP contribution in [-0.4, -0.2) is 56.0 Å². The normalized spacial score (nSPS) is 21.1. The first-order chi connectivity index (χ1) is 13.5. The van der Waals surface area contributed by atoms with Gasteiger partial charge >= 0.3 is 6.06 Å². The van der Waals surface area contributed by atoms with Crippen LogP contribution >= 0.6 is 21.8 Å². The fraction of sp³-hybridized carbons (Fsp3) is 1.00. The van der Waals surface area contributed by atoms with Crippen LogP contribution in [-0.2, 0) is 0 Å². The number of nitrogens with zero attached hydrogens (tertiary/aromatic N) is 3. The molecule has 6 unspecified atom stereocenters. The van der Waals surface area contributed by atoms with Gasteiger partial charge in [-0.3, -0.25) is 13.7 Å². The van der Waals surface area contributed by atoms with Crippen LogP contribution in [0.5, 0.6) is 0 Å². The Hall–Kier alpha value is 0.827. The van der Waals surface area contributed by atoms with E-state index < -0.39 is 6.06 Å². The zero-order valence-electron chi connectivity index (χ0n) is 21.9. The Morgan fingerprint density at radius 1 is 0.448 bits per heavy atom. The minimum Gasteiger partial charge on any atom is -0.286 e. The molecule has 0 amide bonds. The zero-order chi connectivity index (χ0) is 22.9. The highest BCUT2D eigenvalue weighted by atomic mass is 127. The molecule has 0 saturated heterocycles. The Labute approximate surface area is 198 Å². The summed E-state index contributed by atoms with van der Waals surface area (Å²) in [5, 5.41) is 0. The molecule has 0 spiro atoms. The maximum absolute atomic E-state index is 3.01. The van der Waals surface area contributed by atoms with Crippen LogP contribution in [0.3, 0.4) is 0 Å². The molecule has 0 aliphatic carbocycles. The van der Waals surface area contributed by atoms with E-state index in [1.54, 1.807) is 0 Å². The number of hydrogen-bond donors (Lipinski definition) is 0. The second-order valence-electron chi connectivity index (χ2n) is 9.32. The molecule has 0 aliphatic rings. The van der Waals surface area contributed by atoms with E-state index in [2.05, 4.69) is 119 Å². The molecular weight excluding hydrogens is 485 g/mol. The maximum atomic E-state index is 3.01. The number of hydrogen-bond acceptors (Lipinski definition) is 3. The van der Waals surface area contributed by atoms with Crippen molar-refractivity contribution in [1.29, 1.82) is 0 Å². The molecule has 0 aliphatic heterocycles. The predicted octanol–water partition coefficient (Wildman–Crippen LogP) is 7.55. The van der Waals surface area contributed by atoms with Crippen LogP contribution in [0, 0.1) is 0 Å². The molecule has 0 heterocycles. The van der Waals surface area contributed by atoms with Gasteiger partial charge in [-0.1, -0.05) is 105 Å². The van der Waals surface area contributed by atoms with Gasteiger partial charge in [0, 0.05) is 36.3 Å². The highest BCUT2D eigenvalue weighted by Crippen LogP contribution is 2.40. The van der Waals surface area contributed by atoms with Crippen molar-refractivity contribution in [2.45, 2.75) is 158 Å². The van der Waals surface area contributed by atoms with Crippen molar-refractivity contribution in [3.63, 3.8) is 0 Å². The summed E-state index contributed by atoms with van der Waals surface area (Å²) in [6.45, 7) is 29.1. The lowest BCUT2D eigenvalue weighted by molar-refractivity contribution is 0.117. The molecule has 0 rings (SSSR count). The first-order valence-electron chi connectivity index (χ1n) is 12.6. The summed E-state index contributed by atoms with van der Waals surface area (Å²) in [6, 6.07) is 1.41. The summed E-state index contributed by atoms with van der Waals surface area (Å²) in [5.41, 5.74) is 0. The van der Waals surface area contributed by atoms with Gasteiger partial charge in [-0.2, -0.15) is 0 Å². The lowest BCUT2D eigenvalue weighted by Crippen LogP contribution is -2.79. The Bertz CT molecular complexity index is 347. The topological polar surface area (TPSA) is 9.72 Å². The molecule has 0 bridgehead atoms. The van der Waals surface area contributed by atoms with Crippen LogP contribution < -0.4 is 0 Å². The van der Waals surface area contributed by atoms with Gasteiger partial charge in [-0.25, -0.2) is 0 Å². The van der Waals surface area contributed by atoms with Crippen LogP contribution in [0.15, 0.2) is 0 Å². The Balaban J connectivity index is 7.03. The second kappa shape index (κ2) is 14.1. The smallest absolute Gasteiger partial charge is 0.286 e. The fourth-order valence-corrected chi connectivity index (χ4v) is 18.4. The molecule has 0 N–H and O–H groups in total. The van der Waals surface area contributed by atoms with E-state index in [0.717, 1.165) is 0 Å². The van der Waals surface area contributed by atoms with Gasteiger partial charge in [-0.05, 0) is 38.5 Å². The molecule has 0 aromatic heterocycles. The van der Waals surface area contributed by atoms with E-state index in [1.165, 1.54) is 38.5 Å². The molecule has 6 atom stereocenters. The summed E-state index contributed by atoms with van der Waals surface area (Å²) in [5.74, 6) is 0. The summed E-state index contributed by atoms with van der Waals surface area (Å²) >= 11 is 3.01. The fourth-order valence-electron chi connectivity index (χ4n) is 4.57. The minimum absolute atomic E-state index is 0.597. The van der Waals surface area contributed by atoms with Gasteiger partial charge in [0.1, 0.15) is 0 Å². The third kappa shape index (κ3) is 6.90. The molecule has 0 saturated carbocycles. The summed E-state index contributed by atoms with van der Waals surface area (Å²) in [7, 11) is 0. The number of rotatable bonds is 15. The van der Waals surface area contributed by atoms with Crippen molar-refractivity contribution in [2.75, 3.05) is 0 Å². The van der Waals surface area contributed by atoms with E-state index in [4.69, 9.17) is 0 Å². The summed E-state index contributed by atoms with van der Waals surface area (Å²) in [4.78, 5) is 0. The molecule has 0 radical (unpaired) electrons. The molecule has 176 valence electrons. The third-order valence-corrected chi connectivity index (χ3v) is 17.0. The quantitative estimate of drug-likeness (QED) is 0.121. The molecule has 3 nitrogen and oxygen atoms in total. The van der Waals surface area contributed by atoms with E-state index in [-0.39, 0.29) is 0 Å². The average molecular weight is 540 g/mol. The van der Waals surface area contributed by atoms with Crippen LogP contribution in [0.1, 0.15) is 122 Å². The predicted molar refractivity (Wildman–Crippen MR) is 144 cm³/mol. The first kappa shape index (κ1) is 29.8. The molecular formula is C24H54IN3Si. The summed E-state index contributed by atoms with van der Waals surface area (Å²) in [6.07, 6.45) is 7.28. The SMILES string of the molecule is CCC(C)N(C(C)CC)[Si](I)(N(C(C)CC)C(C)CC)N(C(C)CC)C(C)CC. The minimum atomic E-state index is -2.17. The highest BCUT2D eigenvalue weighted by molar-refractivity contribution is 14.1. The molecule has 0 fully saturated rings. The maximum Gasteiger partial charge on any atom is 0.360 e. The van der Waals surface area contributed by atoms with Crippen LogP contribution in [0.25, 0.3) is 0 Å². The molecule has 29 heavy (non-hydrogen) atoms. The Morgan fingerprint density at radius 2 is 0.586 bits per heavy atom. The van der Waals surface area contributed by atoms with E-state index in [1.807, 2.05) is 0 Å². The van der Waals surface area contributed by atoms with Crippen molar-refractivity contribution in [3.05, 3.63) is 0 Å².